The largest absolute Gasteiger partial charge is 0.489 e. The van der Waals surface area contributed by atoms with Crippen molar-refractivity contribution in [3.05, 3.63) is 56.5 Å². The van der Waals surface area contributed by atoms with Crippen LogP contribution in [0.1, 0.15) is 5.56 Å². The Hall–Kier alpha value is -0.900. The summed E-state index contributed by atoms with van der Waals surface area (Å²) < 4.78 is 6.51. The highest BCUT2D eigenvalue weighted by molar-refractivity contribution is 9.10. The highest BCUT2D eigenvalue weighted by Crippen LogP contribution is 2.28. The summed E-state index contributed by atoms with van der Waals surface area (Å²) in [6.45, 7) is 0.343. The summed E-state index contributed by atoms with van der Waals surface area (Å²) in [6, 6.07) is 10.8. The Kier molecular flexibility index (Phi) is 4.38. The average Bonchev–Trinajstić information content (AvgIpc) is 2.30. The van der Waals surface area contributed by atoms with Crippen LogP contribution in [0.3, 0.4) is 0 Å². The molecule has 0 atom stereocenters. The van der Waals surface area contributed by atoms with Gasteiger partial charge in [0.1, 0.15) is 12.4 Å². The Balaban J connectivity index is 2.14. The van der Waals surface area contributed by atoms with Gasteiger partial charge < -0.3 is 10.5 Å². The first-order chi connectivity index (χ1) is 8.56. The number of rotatable bonds is 3. The molecule has 2 N–H and O–H groups in total. The molecule has 0 aliphatic carbocycles. The van der Waals surface area contributed by atoms with Crippen molar-refractivity contribution in [3.63, 3.8) is 0 Å². The number of anilines is 1. The first-order valence-corrected chi connectivity index (χ1v) is 6.73. The number of nitrogens with two attached hydrogens (primary N) is 1. The predicted octanol–water partition coefficient (Wildman–Crippen LogP) is 4.92. The molecule has 18 heavy (non-hydrogen) atoms. The fourth-order valence-electron chi connectivity index (χ4n) is 1.49. The zero-order chi connectivity index (χ0) is 13.1. The van der Waals surface area contributed by atoms with E-state index in [1.54, 1.807) is 18.2 Å². The summed E-state index contributed by atoms with van der Waals surface area (Å²) >= 11 is 15.4. The first-order valence-electron chi connectivity index (χ1n) is 5.18. The number of halogens is 3. The van der Waals surface area contributed by atoms with Crippen molar-refractivity contribution in [2.75, 3.05) is 5.73 Å². The van der Waals surface area contributed by atoms with E-state index < -0.39 is 0 Å². The van der Waals surface area contributed by atoms with Crippen molar-refractivity contribution in [2.24, 2.45) is 0 Å². The zero-order valence-corrected chi connectivity index (χ0v) is 12.4. The number of nitrogen functional groups attached to an aromatic ring is 1. The summed E-state index contributed by atoms with van der Waals surface area (Å²) in [7, 11) is 0. The number of benzene rings is 2. The third-order valence-corrected chi connectivity index (χ3v) is 3.64. The second kappa shape index (κ2) is 5.83. The van der Waals surface area contributed by atoms with Crippen LogP contribution in [0.4, 0.5) is 5.69 Å². The lowest BCUT2D eigenvalue weighted by molar-refractivity contribution is 0.306. The average molecular weight is 347 g/mol. The summed E-state index contributed by atoms with van der Waals surface area (Å²) in [5, 5.41) is 1.04. The van der Waals surface area contributed by atoms with Gasteiger partial charge in [-0.15, -0.1) is 0 Å². The quantitative estimate of drug-likeness (QED) is 0.801. The van der Waals surface area contributed by atoms with Gasteiger partial charge in [-0.25, -0.2) is 0 Å². The van der Waals surface area contributed by atoms with Gasteiger partial charge in [0.25, 0.3) is 0 Å². The molecule has 0 bridgehead atoms. The summed E-state index contributed by atoms with van der Waals surface area (Å²) in [4.78, 5) is 0. The van der Waals surface area contributed by atoms with Gasteiger partial charge >= 0.3 is 0 Å². The molecular formula is C13H10BrCl2NO. The van der Waals surface area contributed by atoms with Crippen LogP contribution < -0.4 is 10.5 Å². The van der Waals surface area contributed by atoms with Gasteiger partial charge in [0.15, 0.2) is 0 Å². The Morgan fingerprint density at radius 3 is 2.67 bits per heavy atom. The molecule has 0 radical (unpaired) electrons. The molecule has 2 nitrogen and oxygen atoms in total. The van der Waals surface area contributed by atoms with E-state index in [-0.39, 0.29) is 0 Å². The van der Waals surface area contributed by atoms with Gasteiger partial charge in [0, 0.05) is 21.8 Å². The smallest absolute Gasteiger partial charge is 0.122 e. The third kappa shape index (κ3) is 3.31. The molecule has 2 aromatic rings. The van der Waals surface area contributed by atoms with E-state index in [1.807, 2.05) is 18.2 Å². The van der Waals surface area contributed by atoms with Crippen molar-refractivity contribution in [2.45, 2.75) is 6.61 Å². The van der Waals surface area contributed by atoms with Gasteiger partial charge in [-0.1, -0.05) is 51.3 Å². The molecule has 0 heterocycles. The molecule has 0 aliphatic rings. The molecule has 2 rings (SSSR count). The van der Waals surface area contributed by atoms with Gasteiger partial charge in [-0.3, -0.25) is 0 Å². The second-order valence-corrected chi connectivity index (χ2v) is 5.42. The molecule has 94 valence electrons. The summed E-state index contributed by atoms with van der Waals surface area (Å²) in [6.07, 6.45) is 0. The van der Waals surface area contributed by atoms with Crippen LogP contribution in [-0.2, 0) is 6.61 Å². The van der Waals surface area contributed by atoms with Gasteiger partial charge in [0.05, 0.1) is 10.0 Å². The molecule has 5 heteroatoms. The van der Waals surface area contributed by atoms with Crippen LogP contribution in [0.15, 0.2) is 40.9 Å². The lowest BCUT2D eigenvalue weighted by atomic mass is 10.2. The molecule has 0 aromatic heterocycles. The Bertz CT molecular complexity index is 555. The van der Waals surface area contributed by atoms with Crippen LogP contribution in [0.25, 0.3) is 0 Å². The predicted molar refractivity (Wildman–Crippen MR) is 79.3 cm³/mol. The maximum absolute atomic E-state index is 6.08. The highest BCUT2D eigenvalue weighted by atomic mass is 79.9. The molecule has 0 saturated carbocycles. The molecule has 2 aromatic carbocycles. The molecule has 0 saturated heterocycles. The zero-order valence-electron chi connectivity index (χ0n) is 9.29. The van der Waals surface area contributed by atoms with E-state index in [9.17, 15) is 0 Å². The van der Waals surface area contributed by atoms with E-state index in [1.165, 1.54) is 0 Å². The standard InChI is InChI=1S/C13H10BrCl2NO/c14-9-4-10(17)6-11(5-9)18-7-8-2-1-3-12(15)13(8)16/h1-6H,7,17H2. The molecule has 0 spiro atoms. The van der Waals surface area contributed by atoms with Crippen LogP contribution in [-0.4, -0.2) is 0 Å². The van der Waals surface area contributed by atoms with Gasteiger partial charge in [-0.05, 0) is 18.2 Å². The Morgan fingerprint density at radius 2 is 1.94 bits per heavy atom. The minimum atomic E-state index is 0.343. The molecule has 0 fully saturated rings. The highest BCUT2D eigenvalue weighted by Gasteiger charge is 2.05. The van der Waals surface area contributed by atoms with Crippen molar-refractivity contribution in [1.82, 2.24) is 0 Å². The van der Waals surface area contributed by atoms with Crippen molar-refractivity contribution in [3.8, 4) is 5.75 Å². The lowest BCUT2D eigenvalue weighted by Gasteiger charge is -2.09. The summed E-state index contributed by atoms with van der Waals surface area (Å²) in [5.41, 5.74) is 7.20. The third-order valence-electron chi connectivity index (χ3n) is 2.32. The molecule has 0 unspecified atom stereocenters. The Morgan fingerprint density at radius 1 is 1.17 bits per heavy atom. The fourth-order valence-corrected chi connectivity index (χ4v) is 2.35. The minimum Gasteiger partial charge on any atom is -0.489 e. The molecule has 0 aliphatic heterocycles. The van der Waals surface area contributed by atoms with Crippen LogP contribution >= 0.6 is 39.1 Å². The monoisotopic (exact) mass is 345 g/mol. The van der Waals surface area contributed by atoms with E-state index in [0.717, 1.165) is 10.0 Å². The molecular weight excluding hydrogens is 337 g/mol. The Labute approximate surface area is 124 Å². The van der Waals surface area contributed by atoms with Crippen molar-refractivity contribution in [1.29, 1.82) is 0 Å². The van der Waals surface area contributed by atoms with Gasteiger partial charge in [0.2, 0.25) is 0 Å². The van der Waals surface area contributed by atoms with E-state index in [0.29, 0.717) is 28.1 Å². The first kappa shape index (κ1) is 13.5. The summed E-state index contributed by atoms with van der Waals surface area (Å²) in [5.74, 6) is 0.679. The number of hydrogen-bond acceptors (Lipinski definition) is 2. The van der Waals surface area contributed by atoms with Crippen LogP contribution in [0.5, 0.6) is 5.75 Å². The normalized spacial score (nSPS) is 10.4. The number of hydrogen-bond donors (Lipinski definition) is 1. The minimum absolute atomic E-state index is 0.343. The van der Waals surface area contributed by atoms with Crippen molar-refractivity contribution < 1.29 is 4.74 Å². The van der Waals surface area contributed by atoms with Crippen LogP contribution in [0.2, 0.25) is 10.0 Å². The van der Waals surface area contributed by atoms with E-state index >= 15 is 0 Å². The number of ether oxygens (including phenoxy) is 1. The van der Waals surface area contributed by atoms with Crippen molar-refractivity contribution >= 4 is 44.8 Å². The van der Waals surface area contributed by atoms with Crippen LogP contribution in [0, 0.1) is 0 Å². The fraction of sp³-hybridized carbons (Fsp3) is 0.0769. The molecule has 0 amide bonds. The maximum atomic E-state index is 6.08. The maximum Gasteiger partial charge on any atom is 0.122 e. The second-order valence-electron chi connectivity index (χ2n) is 3.72. The van der Waals surface area contributed by atoms with E-state index in [4.69, 9.17) is 33.7 Å². The van der Waals surface area contributed by atoms with Gasteiger partial charge in [-0.2, -0.15) is 0 Å². The lowest BCUT2D eigenvalue weighted by Crippen LogP contribution is -1.97. The van der Waals surface area contributed by atoms with E-state index in [2.05, 4.69) is 15.9 Å². The topological polar surface area (TPSA) is 35.2 Å². The SMILES string of the molecule is Nc1cc(Br)cc(OCc2cccc(Cl)c2Cl)c1.